The number of nitrogens with zero attached hydrogens (tertiary/aromatic N) is 1. The first-order valence-corrected chi connectivity index (χ1v) is 6.41. The third kappa shape index (κ3) is 2.61. The summed E-state index contributed by atoms with van der Waals surface area (Å²) in [5, 5.41) is 0.994. The molecule has 0 spiro atoms. The molecule has 1 heterocycles. The first-order valence-electron chi connectivity index (χ1n) is 6.41. The number of benzene rings is 2. The predicted molar refractivity (Wildman–Crippen MR) is 75.8 cm³/mol. The van der Waals surface area contributed by atoms with Crippen LogP contribution in [0.3, 0.4) is 0 Å². The minimum Gasteiger partial charge on any atom is -0.247 e. The number of halogens is 3. The second-order valence-corrected chi connectivity index (χ2v) is 4.83. The maximum Gasteiger partial charge on any atom is 0.416 e. The average Bonchev–Trinajstić information content (AvgIpc) is 2.46. The predicted octanol–water partition coefficient (Wildman–Crippen LogP) is 5.03. The zero-order valence-corrected chi connectivity index (χ0v) is 11.2. The molecule has 0 amide bonds. The normalized spacial score (nSPS) is 11.8. The third-order valence-electron chi connectivity index (χ3n) is 3.35. The summed E-state index contributed by atoms with van der Waals surface area (Å²) in [6.07, 6.45) is -4.32. The zero-order chi connectivity index (χ0) is 15.0. The van der Waals surface area contributed by atoms with Gasteiger partial charge < -0.3 is 0 Å². The Balaban J connectivity index is 2.08. The lowest BCUT2D eigenvalue weighted by atomic mass is 10.0. The smallest absolute Gasteiger partial charge is 0.247 e. The van der Waals surface area contributed by atoms with Gasteiger partial charge in [0.25, 0.3) is 0 Å². The van der Waals surface area contributed by atoms with Crippen molar-refractivity contribution < 1.29 is 13.2 Å². The van der Waals surface area contributed by atoms with Crippen LogP contribution in [-0.2, 0) is 6.18 Å². The number of aryl methyl sites for hydroxylation is 1. The molecule has 0 atom stereocenters. The molecule has 0 N–H and O–H groups in total. The number of rotatable bonds is 1. The van der Waals surface area contributed by atoms with Gasteiger partial charge in [-0.3, -0.25) is 0 Å². The minimum atomic E-state index is -4.32. The molecule has 105 valence electrons. The van der Waals surface area contributed by atoms with E-state index in [0.717, 1.165) is 23.1 Å². The highest BCUT2D eigenvalue weighted by molar-refractivity contribution is 5.84. The molecule has 0 unspecified atom stereocenters. The first kappa shape index (κ1) is 13.6. The van der Waals surface area contributed by atoms with Gasteiger partial charge in [0.2, 0.25) is 0 Å². The van der Waals surface area contributed by atoms with Gasteiger partial charge in [0.1, 0.15) is 0 Å². The Kier molecular flexibility index (Phi) is 3.16. The van der Waals surface area contributed by atoms with E-state index in [1.807, 2.05) is 25.1 Å². The Morgan fingerprint density at radius 2 is 1.76 bits per heavy atom. The molecule has 0 fully saturated rings. The maximum atomic E-state index is 12.6. The largest absolute Gasteiger partial charge is 0.416 e. The molecule has 1 aromatic heterocycles. The van der Waals surface area contributed by atoms with Crippen molar-refractivity contribution in [2.45, 2.75) is 13.1 Å². The van der Waals surface area contributed by atoms with Crippen LogP contribution in [0.15, 0.2) is 48.5 Å². The van der Waals surface area contributed by atoms with Crippen LogP contribution in [0, 0.1) is 13.0 Å². The van der Waals surface area contributed by atoms with Gasteiger partial charge in [0, 0.05) is 17.0 Å². The summed E-state index contributed by atoms with van der Waals surface area (Å²) >= 11 is 0. The van der Waals surface area contributed by atoms with E-state index in [2.05, 4.69) is 11.1 Å². The van der Waals surface area contributed by atoms with E-state index in [0.29, 0.717) is 16.8 Å². The van der Waals surface area contributed by atoms with Crippen LogP contribution in [0.2, 0.25) is 0 Å². The van der Waals surface area contributed by atoms with Gasteiger partial charge in [-0.1, -0.05) is 30.3 Å². The van der Waals surface area contributed by atoms with E-state index >= 15 is 0 Å². The molecule has 1 radical (unpaired) electrons. The van der Waals surface area contributed by atoms with Crippen molar-refractivity contribution in [3.8, 4) is 11.3 Å². The van der Waals surface area contributed by atoms with Gasteiger partial charge in [0.15, 0.2) is 0 Å². The van der Waals surface area contributed by atoms with E-state index in [4.69, 9.17) is 0 Å². The number of fused-ring (bicyclic) bond motifs is 1. The lowest BCUT2D eigenvalue weighted by Crippen LogP contribution is -2.04. The van der Waals surface area contributed by atoms with Crippen molar-refractivity contribution in [2.24, 2.45) is 0 Å². The van der Waals surface area contributed by atoms with E-state index in [9.17, 15) is 13.2 Å². The lowest BCUT2D eigenvalue weighted by molar-refractivity contribution is -0.137. The van der Waals surface area contributed by atoms with Crippen LogP contribution in [0.5, 0.6) is 0 Å². The fourth-order valence-electron chi connectivity index (χ4n) is 2.25. The number of aromatic nitrogens is 1. The Hall–Kier alpha value is -2.36. The van der Waals surface area contributed by atoms with Gasteiger partial charge in [-0.15, -0.1) is 0 Å². The second kappa shape index (κ2) is 4.88. The summed E-state index contributed by atoms with van der Waals surface area (Å²) in [7, 11) is 0. The first-order chi connectivity index (χ1) is 9.95. The molecule has 4 heteroatoms. The van der Waals surface area contributed by atoms with Crippen molar-refractivity contribution >= 4 is 10.9 Å². The summed E-state index contributed by atoms with van der Waals surface area (Å²) < 4.78 is 37.7. The van der Waals surface area contributed by atoms with E-state index in [1.165, 1.54) is 12.1 Å². The van der Waals surface area contributed by atoms with Crippen molar-refractivity contribution in [2.75, 3.05) is 0 Å². The summed E-state index contributed by atoms with van der Waals surface area (Å²) in [5.74, 6) is 0. The average molecular weight is 286 g/mol. The topological polar surface area (TPSA) is 12.9 Å². The molecule has 1 nitrogen and oxygen atoms in total. The highest BCUT2D eigenvalue weighted by Gasteiger charge is 2.30. The van der Waals surface area contributed by atoms with Crippen LogP contribution in [0.25, 0.3) is 22.2 Å². The summed E-state index contributed by atoms with van der Waals surface area (Å²) in [5.41, 5.74) is 2.39. The summed E-state index contributed by atoms with van der Waals surface area (Å²) in [6, 6.07) is 15.6. The van der Waals surface area contributed by atoms with Crippen molar-refractivity contribution in [1.29, 1.82) is 0 Å². The molecule has 3 rings (SSSR count). The Morgan fingerprint density at radius 1 is 1.05 bits per heavy atom. The number of para-hydroxylation sites is 1. The zero-order valence-electron chi connectivity index (χ0n) is 11.2. The van der Waals surface area contributed by atoms with Crippen LogP contribution in [-0.4, -0.2) is 4.98 Å². The molecule has 21 heavy (non-hydrogen) atoms. The molecule has 0 saturated carbocycles. The van der Waals surface area contributed by atoms with Gasteiger partial charge in [-0.25, -0.2) is 4.98 Å². The monoisotopic (exact) mass is 286 g/mol. The quantitative estimate of drug-likeness (QED) is 0.611. The summed E-state index contributed by atoms with van der Waals surface area (Å²) in [4.78, 5) is 4.46. The van der Waals surface area contributed by atoms with Gasteiger partial charge in [-0.2, -0.15) is 13.2 Å². The van der Waals surface area contributed by atoms with Crippen LogP contribution >= 0.6 is 0 Å². The van der Waals surface area contributed by atoms with Gasteiger partial charge >= 0.3 is 6.18 Å². The Morgan fingerprint density at radius 3 is 2.43 bits per heavy atom. The van der Waals surface area contributed by atoms with Gasteiger partial charge in [0.05, 0.1) is 16.8 Å². The van der Waals surface area contributed by atoms with Crippen molar-refractivity contribution in [3.05, 3.63) is 65.7 Å². The highest BCUT2D eigenvalue weighted by Crippen LogP contribution is 2.31. The lowest BCUT2D eigenvalue weighted by Gasteiger charge is -2.09. The highest BCUT2D eigenvalue weighted by atomic mass is 19.4. The second-order valence-electron chi connectivity index (χ2n) is 4.83. The van der Waals surface area contributed by atoms with Crippen molar-refractivity contribution in [1.82, 2.24) is 4.98 Å². The van der Waals surface area contributed by atoms with Gasteiger partial charge in [-0.05, 0) is 30.7 Å². The summed E-state index contributed by atoms with van der Waals surface area (Å²) in [6.45, 7) is 1.95. The van der Waals surface area contributed by atoms with Crippen molar-refractivity contribution in [3.63, 3.8) is 0 Å². The molecular weight excluding hydrogens is 275 g/mol. The maximum absolute atomic E-state index is 12.6. The molecule has 0 bridgehead atoms. The fourth-order valence-corrected chi connectivity index (χ4v) is 2.25. The van der Waals surface area contributed by atoms with Crippen LogP contribution in [0.1, 0.15) is 11.1 Å². The number of alkyl halides is 3. The van der Waals surface area contributed by atoms with Crippen LogP contribution in [0.4, 0.5) is 13.2 Å². The molecule has 0 aliphatic carbocycles. The molecule has 0 saturated heterocycles. The standard InChI is InChI=1S/C17H11F3N/c1-11-10-16(21-15-5-3-2-4-14(11)15)12-6-8-13(9-7-12)17(18,19)20/h2-4,6-10H,1H3. The SMILES string of the molecule is Cc1cc(-c2ccc(C(F)(F)F)cc2)nc2[c]cccc12. The minimum absolute atomic E-state index is 0.649. The third-order valence-corrected chi connectivity index (χ3v) is 3.35. The molecular formula is C17H11F3N. The Labute approximate surface area is 120 Å². The Bertz CT molecular complexity index is 789. The number of pyridine rings is 1. The van der Waals surface area contributed by atoms with E-state index < -0.39 is 11.7 Å². The van der Waals surface area contributed by atoms with E-state index in [-0.39, 0.29) is 0 Å². The van der Waals surface area contributed by atoms with Crippen LogP contribution < -0.4 is 0 Å². The molecule has 2 aromatic carbocycles. The number of hydrogen-bond donors (Lipinski definition) is 0. The van der Waals surface area contributed by atoms with E-state index in [1.54, 1.807) is 6.07 Å². The molecule has 0 aliphatic rings. The molecule has 3 aromatic rings. The number of hydrogen-bond acceptors (Lipinski definition) is 1. The molecule has 0 aliphatic heterocycles. The fraction of sp³-hybridized carbons (Fsp3) is 0.118.